The van der Waals surface area contributed by atoms with E-state index in [4.69, 9.17) is 0 Å². The van der Waals surface area contributed by atoms with Gasteiger partial charge in [0.05, 0.1) is 6.54 Å². The van der Waals surface area contributed by atoms with Gasteiger partial charge in [-0.15, -0.1) is 0 Å². The van der Waals surface area contributed by atoms with Crippen molar-refractivity contribution in [1.29, 1.82) is 0 Å². The number of nitrogens with one attached hydrogen (secondary N) is 1. The molecule has 3 atom stereocenters. The van der Waals surface area contributed by atoms with Gasteiger partial charge in [0.1, 0.15) is 5.82 Å². The summed E-state index contributed by atoms with van der Waals surface area (Å²) >= 11 is 0. The van der Waals surface area contributed by atoms with Gasteiger partial charge >= 0.3 is 6.55 Å². The van der Waals surface area contributed by atoms with Gasteiger partial charge in [-0.3, -0.25) is 4.57 Å². The van der Waals surface area contributed by atoms with Crippen molar-refractivity contribution in [2.75, 3.05) is 0 Å². The molecule has 5 heteroatoms. The van der Waals surface area contributed by atoms with E-state index in [9.17, 15) is 8.78 Å². The van der Waals surface area contributed by atoms with Gasteiger partial charge in [0.15, 0.2) is 0 Å². The van der Waals surface area contributed by atoms with Crippen LogP contribution in [0, 0.1) is 11.8 Å². The molecule has 1 aromatic heterocycles. The van der Waals surface area contributed by atoms with Crippen molar-refractivity contribution in [3.8, 4) is 0 Å². The van der Waals surface area contributed by atoms with Crippen LogP contribution in [0.1, 0.15) is 45.5 Å². The van der Waals surface area contributed by atoms with Gasteiger partial charge in [-0.2, -0.15) is 8.78 Å². The number of rotatable bonds is 4. The van der Waals surface area contributed by atoms with Crippen molar-refractivity contribution < 1.29 is 8.78 Å². The summed E-state index contributed by atoms with van der Waals surface area (Å²) in [4.78, 5) is 3.98. The maximum atomic E-state index is 12.6. The van der Waals surface area contributed by atoms with Crippen molar-refractivity contribution in [3.63, 3.8) is 0 Å². The molecule has 3 nitrogen and oxygen atoms in total. The molecule has 1 heterocycles. The molecule has 2 rings (SSSR count). The second kappa shape index (κ2) is 5.78. The Hall–Kier alpha value is -0.970. The predicted molar refractivity (Wildman–Crippen MR) is 66.3 cm³/mol. The summed E-state index contributed by atoms with van der Waals surface area (Å²) in [5.74, 6) is 1.79. The normalized spacial score (nSPS) is 28.8. The highest BCUT2D eigenvalue weighted by molar-refractivity contribution is 4.93. The minimum atomic E-state index is -2.51. The summed E-state index contributed by atoms with van der Waals surface area (Å²) in [6.45, 7) is 2.41. The average Bonchev–Trinajstić information content (AvgIpc) is 2.76. The Kier molecular flexibility index (Phi) is 4.32. The molecule has 0 bridgehead atoms. The van der Waals surface area contributed by atoms with Crippen LogP contribution in [-0.4, -0.2) is 15.6 Å². The van der Waals surface area contributed by atoms with Crippen molar-refractivity contribution in [2.45, 2.75) is 52.2 Å². The van der Waals surface area contributed by atoms with Crippen LogP contribution in [0.2, 0.25) is 0 Å². The van der Waals surface area contributed by atoms with Crippen LogP contribution in [0.25, 0.3) is 0 Å². The second-order valence-electron chi connectivity index (χ2n) is 5.41. The summed E-state index contributed by atoms with van der Waals surface area (Å²) in [5.41, 5.74) is 0. The molecule has 1 aliphatic carbocycles. The number of aromatic nitrogens is 2. The Bertz CT molecular complexity index is 378. The van der Waals surface area contributed by atoms with Crippen molar-refractivity contribution in [2.24, 2.45) is 11.8 Å². The van der Waals surface area contributed by atoms with Gasteiger partial charge in [0, 0.05) is 18.4 Å². The first kappa shape index (κ1) is 13.5. The van der Waals surface area contributed by atoms with E-state index < -0.39 is 6.55 Å². The molecule has 102 valence electrons. The smallest absolute Gasteiger partial charge is 0.307 e. The predicted octanol–water partition coefficient (Wildman–Crippen LogP) is 3.19. The third-order valence-corrected chi connectivity index (χ3v) is 3.91. The monoisotopic (exact) mass is 257 g/mol. The van der Waals surface area contributed by atoms with E-state index in [1.165, 1.54) is 25.2 Å². The van der Waals surface area contributed by atoms with Gasteiger partial charge in [0.25, 0.3) is 0 Å². The molecule has 0 radical (unpaired) electrons. The number of nitrogens with zero attached hydrogens (tertiary/aromatic N) is 2. The minimum Gasteiger partial charge on any atom is -0.307 e. The molecule has 0 spiro atoms. The Morgan fingerprint density at radius 2 is 2.22 bits per heavy atom. The lowest BCUT2D eigenvalue weighted by Gasteiger charge is -2.33. The van der Waals surface area contributed by atoms with Gasteiger partial charge in [-0.1, -0.05) is 13.8 Å². The number of hydrogen-bond acceptors (Lipinski definition) is 2. The molecule has 1 fully saturated rings. The van der Waals surface area contributed by atoms with E-state index in [0.29, 0.717) is 24.3 Å². The summed E-state index contributed by atoms with van der Waals surface area (Å²) in [6, 6.07) is 0.420. The highest BCUT2D eigenvalue weighted by atomic mass is 19.3. The van der Waals surface area contributed by atoms with Crippen LogP contribution < -0.4 is 5.32 Å². The van der Waals surface area contributed by atoms with Gasteiger partial charge in [0.2, 0.25) is 0 Å². The van der Waals surface area contributed by atoms with Crippen molar-refractivity contribution in [1.82, 2.24) is 14.9 Å². The third kappa shape index (κ3) is 3.07. The lowest BCUT2D eigenvalue weighted by molar-refractivity contribution is 0.0661. The van der Waals surface area contributed by atoms with E-state index in [0.717, 1.165) is 16.9 Å². The Labute approximate surface area is 107 Å². The molecule has 0 saturated heterocycles. The zero-order chi connectivity index (χ0) is 13.1. The van der Waals surface area contributed by atoms with Gasteiger partial charge < -0.3 is 5.32 Å². The quantitative estimate of drug-likeness (QED) is 0.897. The van der Waals surface area contributed by atoms with Crippen molar-refractivity contribution >= 4 is 0 Å². The lowest BCUT2D eigenvalue weighted by Crippen LogP contribution is -2.39. The van der Waals surface area contributed by atoms with E-state index in [1.807, 2.05) is 0 Å². The fourth-order valence-electron chi connectivity index (χ4n) is 2.85. The molecule has 0 aromatic carbocycles. The van der Waals surface area contributed by atoms with E-state index in [1.54, 1.807) is 0 Å². The zero-order valence-electron chi connectivity index (χ0n) is 10.9. The fourth-order valence-corrected chi connectivity index (χ4v) is 2.85. The number of halogens is 2. The summed E-state index contributed by atoms with van der Waals surface area (Å²) in [5, 5.41) is 3.37. The number of imidazole rings is 1. The Morgan fingerprint density at radius 1 is 1.44 bits per heavy atom. The molecule has 0 amide bonds. The second-order valence-corrected chi connectivity index (χ2v) is 5.41. The molecule has 1 saturated carbocycles. The largest absolute Gasteiger partial charge is 0.319 e. The van der Waals surface area contributed by atoms with Crippen LogP contribution in [0.3, 0.4) is 0 Å². The minimum absolute atomic E-state index is 0.413. The summed E-state index contributed by atoms with van der Waals surface area (Å²) in [7, 11) is 0. The average molecular weight is 257 g/mol. The number of alkyl halides is 2. The Morgan fingerprint density at radius 3 is 2.89 bits per heavy atom. The van der Waals surface area contributed by atoms with Crippen LogP contribution in [0.15, 0.2) is 12.4 Å². The summed E-state index contributed by atoms with van der Waals surface area (Å²) < 4.78 is 26.2. The van der Waals surface area contributed by atoms with Gasteiger partial charge in [-0.25, -0.2) is 4.98 Å². The summed E-state index contributed by atoms with van der Waals surface area (Å²) in [6.07, 6.45) is 6.30. The van der Waals surface area contributed by atoms with E-state index in [-0.39, 0.29) is 0 Å². The first-order valence-corrected chi connectivity index (χ1v) is 6.61. The SMILES string of the molecule is CC1CCC(NCc2nccn2C(F)F)C(C)C1. The maximum absolute atomic E-state index is 12.6. The molecular weight excluding hydrogens is 236 g/mol. The molecule has 1 aliphatic rings. The highest BCUT2D eigenvalue weighted by Crippen LogP contribution is 2.28. The highest BCUT2D eigenvalue weighted by Gasteiger charge is 2.25. The zero-order valence-corrected chi connectivity index (χ0v) is 10.9. The van der Waals surface area contributed by atoms with E-state index in [2.05, 4.69) is 24.1 Å². The third-order valence-electron chi connectivity index (χ3n) is 3.91. The Balaban J connectivity index is 1.89. The topological polar surface area (TPSA) is 29.9 Å². The standard InChI is InChI=1S/C13H21F2N3/c1-9-3-4-11(10(2)7-9)17-8-12-16-5-6-18(12)13(14)15/h5-6,9-11,13,17H,3-4,7-8H2,1-2H3. The number of hydrogen-bond donors (Lipinski definition) is 1. The van der Waals surface area contributed by atoms with Crippen LogP contribution in [-0.2, 0) is 6.54 Å². The molecule has 3 unspecified atom stereocenters. The van der Waals surface area contributed by atoms with Crippen LogP contribution >= 0.6 is 0 Å². The van der Waals surface area contributed by atoms with Crippen LogP contribution in [0.5, 0.6) is 0 Å². The molecule has 1 N–H and O–H groups in total. The molecule has 1 aromatic rings. The lowest BCUT2D eigenvalue weighted by atomic mass is 9.80. The first-order chi connectivity index (χ1) is 8.58. The van der Waals surface area contributed by atoms with Gasteiger partial charge in [-0.05, 0) is 31.1 Å². The molecule has 0 aliphatic heterocycles. The van der Waals surface area contributed by atoms with E-state index >= 15 is 0 Å². The molecule has 18 heavy (non-hydrogen) atoms. The fraction of sp³-hybridized carbons (Fsp3) is 0.769. The maximum Gasteiger partial charge on any atom is 0.319 e. The molecular formula is C13H21F2N3. The first-order valence-electron chi connectivity index (χ1n) is 6.61. The van der Waals surface area contributed by atoms with Crippen molar-refractivity contribution in [3.05, 3.63) is 18.2 Å². The van der Waals surface area contributed by atoms with Crippen LogP contribution in [0.4, 0.5) is 8.78 Å².